The number of aromatic nitrogens is 2. The summed E-state index contributed by atoms with van der Waals surface area (Å²) in [6.45, 7) is 6.19. The molecule has 0 saturated heterocycles. The zero-order valence-corrected chi connectivity index (χ0v) is 15.4. The van der Waals surface area contributed by atoms with Crippen LogP contribution in [0.5, 0.6) is 0 Å². The highest BCUT2D eigenvalue weighted by molar-refractivity contribution is 7.15. The van der Waals surface area contributed by atoms with E-state index in [0.29, 0.717) is 18.0 Å². The molecule has 2 heterocycles. The third-order valence-electron chi connectivity index (χ3n) is 4.07. The van der Waals surface area contributed by atoms with Crippen molar-refractivity contribution in [3.63, 3.8) is 0 Å². The summed E-state index contributed by atoms with van der Waals surface area (Å²) in [6, 6.07) is 10.1. The number of furan rings is 1. The smallest absolute Gasteiger partial charge is 0.226 e. The molecule has 0 unspecified atom stereocenters. The van der Waals surface area contributed by atoms with Gasteiger partial charge in [-0.2, -0.15) is 0 Å². The minimum atomic E-state index is -0.0806. The van der Waals surface area contributed by atoms with Crippen LogP contribution in [-0.4, -0.2) is 16.1 Å². The molecule has 0 fully saturated rings. The average molecular weight is 355 g/mol. The molecule has 3 rings (SSSR count). The van der Waals surface area contributed by atoms with Gasteiger partial charge in [0.05, 0.1) is 0 Å². The molecule has 0 saturated carbocycles. The lowest BCUT2D eigenvalue weighted by atomic mass is 10.1. The monoisotopic (exact) mass is 355 g/mol. The van der Waals surface area contributed by atoms with Crippen molar-refractivity contribution < 1.29 is 9.21 Å². The number of nitrogens with one attached hydrogen (secondary N) is 1. The average Bonchev–Trinajstić information content (AvgIpc) is 3.24. The summed E-state index contributed by atoms with van der Waals surface area (Å²) in [5.74, 6) is 1.55. The van der Waals surface area contributed by atoms with E-state index in [1.165, 1.54) is 22.5 Å². The first-order valence-corrected chi connectivity index (χ1v) is 9.15. The zero-order valence-electron chi connectivity index (χ0n) is 14.6. The highest BCUT2D eigenvalue weighted by Gasteiger charge is 2.10. The largest absolute Gasteiger partial charge is 0.461 e. The molecule has 130 valence electrons. The van der Waals surface area contributed by atoms with E-state index in [2.05, 4.69) is 47.6 Å². The van der Waals surface area contributed by atoms with E-state index in [1.807, 2.05) is 19.1 Å². The Labute approximate surface area is 151 Å². The molecular weight excluding hydrogens is 334 g/mol. The number of hydrogen-bond acceptors (Lipinski definition) is 5. The van der Waals surface area contributed by atoms with Crippen molar-refractivity contribution in [3.05, 3.63) is 52.2 Å². The molecule has 0 aliphatic rings. The number of carbonyl (C=O) groups excluding carboxylic acids is 1. The first-order valence-electron chi connectivity index (χ1n) is 8.33. The van der Waals surface area contributed by atoms with Crippen LogP contribution in [0.25, 0.3) is 11.3 Å². The third-order valence-corrected chi connectivity index (χ3v) is 5.05. The summed E-state index contributed by atoms with van der Waals surface area (Å²) in [6.07, 6.45) is 1.72. The normalized spacial score (nSPS) is 10.8. The molecule has 0 bridgehead atoms. The summed E-state index contributed by atoms with van der Waals surface area (Å²) in [7, 11) is 0. The Morgan fingerprint density at radius 1 is 1.16 bits per heavy atom. The number of benzene rings is 1. The lowest BCUT2D eigenvalue weighted by molar-refractivity contribution is -0.116. The summed E-state index contributed by atoms with van der Waals surface area (Å²) in [5, 5.41) is 12.2. The van der Waals surface area contributed by atoms with E-state index < -0.39 is 0 Å². The molecule has 0 atom stereocenters. The molecule has 25 heavy (non-hydrogen) atoms. The van der Waals surface area contributed by atoms with Crippen LogP contribution in [0.15, 0.2) is 34.7 Å². The van der Waals surface area contributed by atoms with Gasteiger partial charge in [-0.05, 0) is 49.6 Å². The number of carbonyl (C=O) groups is 1. The number of amides is 1. The molecule has 0 aliphatic heterocycles. The highest BCUT2D eigenvalue weighted by atomic mass is 32.1. The van der Waals surface area contributed by atoms with Crippen LogP contribution >= 0.6 is 11.3 Å². The van der Waals surface area contributed by atoms with E-state index in [0.717, 1.165) is 28.5 Å². The molecule has 0 spiro atoms. The second kappa shape index (κ2) is 7.61. The molecule has 3 aromatic rings. The van der Waals surface area contributed by atoms with E-state index in [9.17, 15) is 4.79 Å². The van der Waals surface area contributed by atoms with Gasteiger partial charge in [-0.3, -0.25) is 4.79 Å². The number of anilines is 1. The first-order chi connectivity index (χ1) is 12.0. The SMILES string of the molecule is CCc1nnc(NC(=O)CCc2ccc(-c3ccc(C)c(C)c3)o2)s1. The number of hydrogen-bond donors (Lipinski definition) is 1. The predicted molar refractivity (Wildman–Crippen MR) is 99.9 cm³/mol. The molecule has 0 aliphatic carbocycles. The van der Waals surface area contributed by atoms with E-state index in [4.69, 9.17) is 4.42 Å². The first kappa shape index (κ1) is 17.4. The molecule has 1 amide bonds. The lowest BCUT2D eigenvalue weighted by Crippen LogP contribution is -2.11. The Morgan fingerprint density at radius 2 is 2.00 bits per heavy atom. The summed E-state index contributed by atoms with van der Waals surface area (Å²) in [4.78, 5) is 12.0. The van der Waals surface area contributed by atoms with Crippen LogP contribution in [0.3, 0.4) is 0 Å². The predicted octanol–water partition coefficient (Wildman–Crippen LogP) is 4.55. The topological polar surface area (TPSA) is 68.0 Å². The fraction of sp³-hybridized carbons (Fsp3) is 0.316. The summed E-state index contributed by atoms with van der Waals surface area (Å²) in [5.41, 5.74) is 3.55. The number of nitrogens with zero attached hydrogens (tertiary/aromatic N) is 2. The Hall–Kier alpha value is -2.47. The Kier molecular flexibility index (Phi) is 5.28. The van der Waals surface area contributed by atoms with Crippen molar-refractivity contribution in [2.45, 2.75) is 40.0 Å². The second-order valence-corrected chi connectivity index (χ2v) is 7.03. The van der Waals surface area contributed by atoms with Crippen molar-refractivity contribution in [3.8, 4) is 11.3 Å². The van der Waals surface area contributed by atoms with Crippen LogP contribution in [0.2, 0.25) is 0 Å². The van der Waals surface area contributed by atoms with Crippen molar-refractivity contribution in [1.29, 1.82) is 0 Å². The van der Waals surface area contributed by atoms with Gasteiger partial charge in [0.15, 0.2) is 0 Å². The minimum absolute atomic E-state index is 0.0806. The minimum Gasteiger partial charge on any atom is -0.461 e. The maximum Gasteiger partial charge on any atom is 0.226 e. The van der Waals surface area contributed by atoms with Gasteiger partial charge in [-0.1, -0.05) is 30.4 Å². The van der Waals surface area contributed by atoms with Crippen molar-refractivity contribution >= 4 is 22.4 Å². The third kappa shape index (κ3) is 4.33. The van der Waals surface area contributed by atoms with Gasteiger partial charge >= 0.3 is 0 Å². The zero-order chi connectivity index (χ0) is 17.8. The van der Waals surface area contributed by atoms with E-state index in [-0.39, 0.29) is 5.91 Å². The fourth-order valence-corrected chi connectivity index (χ4v) is 3.12. The fourth-order valence-electron chi connectivity index (χ4n) is 2.43. The Morgan fingerprint density at radius 3 is 2.72 bits per heavy atom. The summed E-state index contributed by atoms with van der Waals surface area (Å²) >= 11 is 1.41. The highest BCUT2D eigenvalue weighted by Crippen LogP contribution is 2.25. The molecule has 6 heteroatoms. The van der Waals surface area contributed by atoms with Crippen molar-refractivity contribution in [2.24, 2.45) is 0 Å². The standard InChI is InChI=1S/C19H21N3O2S/c1-4-18-21-22-19(25-18)20-17(23)10-8-15-7-9-16(24-15)14-6-5-12(2)13(3)11-14/h5-7,9,11H,4,8,10H2,1-3H3,(H,20,22,23). The Balaban J connectivity index is 1.57. The second-order valence-electron chi connectivity index (χ2n) is 5.97. The van der Waals surface area contributed by atoms with Gasteiger partial charge in [0.2, 0.25) is 11.0 Å². The maximum atomic E-state index is 12.0. The molecular formula is C19H21N3O2S. The quantitative estimate of drug-likeness (QED) is 0.704. The van der Waals surface area contributed by atoms with Crippen LogP contribution in [0, 0.1) is 13.8 Å². The van der Waals surface area contributed by atoms with Gasteiger partial charge in [0.25, 0.3) is 0 Å². The van der Waals surface area contributed by atoms with Crippen LogP contribution in [0.1, 0.15) is 35.2 Å². The van der Waals surface area contributed by atoms with Crippen LogP contribution in [-0.2, 0) is 17.6 Å². The molecule has 2 aromatic heterocycles. The van der Waals surface area contributed by atoms with Gasteiger partial charge in [-0.15, -0.1) is 10.2 Å². The maximum absolute atomic E-state index is 12.0. The van der Waals surface area contributed by atoms with Crippen molar-refractivity contribution in [2.75, 3.05) is 5.32 Å². The van der Waals surface area contributed by atoms with Crippen molar-refractivity contribution in [1.82, 2.24) is 10.2 Å². The lowest BCUT2D eigenvalue weighted by Gasteiger charge is -2.03. The number of rotatable bonds is 6. The molecule has 1 aromatic carbocycles. The van der Waals surface area contributed by atoms with Crippen LogP contribution < -0.4 is 5.32 Å². The number of aryl methyl sites for hydroxylation is 4. The molecule has 1 N–H and O–H groups in total. The van der Waals surface area contributed by atoms with E-state index in [1.54, 1.807) is 0 Å². The van der Waals surface area contributed by atoms with Gasteiger partial charge < -0.3 is 9.73 Å². The molecule has 5 nitrogen and oxygen atoms in total. The summed E-state index contributed by atoms with van der Waals surface area (Å²) < 4.78 is 5.88. The van der Waals surface area contributed by atoms with Gasteiger partial charge in [-0.25, -0.2) is 0 Å². The van der Waals surface area contributed by atoms with E-state index >= 15 is 0 Å². The molecule has 0 radical (unpaired) electrons. The van der Waals surface area contributed by atoms with Gasteiger partial charge in [0.1, 0.15) is 16.5 Å². The van der Waals surface area contributed by atoms with Crippen LogP contribution in [0.4, 0.5) is 5.13 Å². The Bertz CT molecular complexity index is 882. The van der Waals surface area contributed by atoms with Gasteiger partial charge in [0, 0.05) is 18.4 Å².